The van der Waals surface area contributed by atoms with Gasteiger partial charge in [-0.1, -0.05) is 0 Å². The smallest absolute Gasteiger partial charge is 0.344 e. The number of carbonyl (C=O) groups is 1. The van der Waals surface area contributed by atoms with E-state index in [4.69, 9.17) is 0 Å². The maximum Gasteiger partial charge on any atom is 0.416 e. The van der Waals surface area contributed by atoms with Gasteiger partial charge in [-0.2, -0.15) is 31.4 Å². The average Bonchev–Trinajstić information content (AvgIpc) is 3.12. The predicted molar refractivity (Wildman–Crippen MR) is 99.2 cm³/mol. The summed E-state index contributed by atoms with van der Waals surface area (Å²) in [6.45, 7) is 1.46. The largest absolute Gasteiger partial charge is 0.416 e. The van der Waals surface area contributed by atoms with Crippen LogP contribution in [0.25, 0.3) is 5.82 Å². The number of aromatic nitrogens is 4. The van der Waals surface area contributed by atoms with Gasteiger partial charge < -0.3 is 5.32 Å². The lowest BCUT2D eigenvalue weighted by Crippen LogP contribution is -2.29. The molecule has 31 heavy (non-hydrogen) atoms. The Morgan fingerprint density at radius 1 is 1.00 bits per heavy atom. The van der Waals surface area contributed by atoms with Gasteiger partial charge in [-0.25, -0.2) is 9.67 Å². The summed E-state index contributed by atoms with van der Waals surface area (Å²) in [6.07, 6.45) is -5.97. The molecule has 0 bridgehead atoms. The van der Waals surface area contributed by atoms with Crippen molar-refractivity contribution in [1.82, 2.24) is 25.1 Å². The summed E-state index contributed by atoms with van der Waals surface area (Å²) in [5.74, 6) is -0.924. The number of halogens is 7. The summed E-state index contributed by atoms with van der Waals surface area (Å²) >= 11 is 3.26. The van der Waals surface area contributed by atoms with Crippen molar-refractivity contribution in [2.75, 3.05) is 0 Å². The van der Waals surface area contributed by atoms with Crippen LogP contribution in [0.5, 0.6) is 0 Å². The summed E-state index contributed by atoms with van der Waals surface area (Å²) in [7, 11) is 0. The highest BCUT2D eigenvalue weighted by Crippen LogP contribution is 2.36. The minimum absolute atomic E-state index is 0.0454. The van der Waals surface area contributed by atoms with E-state index in [1.165, 1.54) is 30.2 Å². The molecule has 0 aliphatic rings. The number of nitrogens with zero attached hydrogens (tertiary/aromatic N) is 4. The van der Waals surface area contributed by atoms with Crippen molar-refractivity contribution >= 4 is 21.8 Å². The third-order valence-electron chi connectivity index (χ3n) is 4.11. The van der Waals surface area contributed by atoms with Gasteiger partial charge in [-0.3, -0.25) is 9.78 Å². The zero-order chi connectivity index (χ0) is 23.0. The Hall–Kier alpha value is -2.96. The van der Waals surface area contributed by atoms with E-state index in [2.05, 4.69) is 36.3 Å². The van der Waals surface area contributed by atoms with Gasteiger partial charge in [0.2, 0.25) is 0 Å². The lowest BCUT2D eigenvalue weighted by molar-refractivity contribution is -0.143. The number of carbonyl (C=O) groups excluding carboxylic acids is 1. The predicted octanol–water partition coefficient (Wildman–Crippen LogP) is 4.95. The molecular formula is C18H12BrF6N5O. The van der Waals surface area contributed by atoms with Crippen molar-refractivity contribution in [2.45, 2.75) is 25.3 Å². The molecule has 13 heteroatoms. The first-order valence-electron chi connectivity index (χ1n) is 8.49. The van der Waals surface area contributed by atoms with Gasteiger partial charge in [-0.15, -0.1) is 0 Å². The summed E-state index contributed by atoms with van der Waals surface area (Å²) in [6, 6.07) is 1.37. The van der Waals surface area contributed by atoms with E-state index < -0.39 is 41.0 Å². The molecule has 1 amide bonds. The zero-order valence-corrected chi connectivity index (χ0v) is 17.0. The van der Waals surface area contributed by atoms with Crippen LogP contribution in [0.4, 0.5) is 26.3 Å². The van der Waals surface area contributed by atoms with Crippen LogP contribution < -0.4 is 5.32 Å². The highest BCUT2D eigenvalue weighted by atomic mass is 79.9. The third kappa shape index (κ3) is 5.03. The monoisotopic (exact) mass is 507 g/mol. The van der Waals surface area contributed by atoms with Gasteiger partial charge in [0, 0.05) is 18.0 Å². The minimum Gasteiger partial charge on any atom is -0.344 e. The third-order valence-corrected chi connectivity index (χ3v) is 4.71. The molecule has 0 fully saturated rings. The van der Waals surface area contributed by atoms with Crippen LogP contribution in [0.1, 0.15) is 40.1 Å². The molecule has 1 aromatic carbocycles. The number of hydrogen-bond donors (Lipinski definition) is 1. The number of benzene rings is 1. The average molecular weight is 508 g/mol. The Kier molecular flexibility index (Phi) is 6.07. The Morgan fingerprint density at radius 2 is 1.58 bits per heavy atom. The molecule has 1 unspecified atom stereocenters. The second kappa shape index (κ2) is 8.29. The van der Waals surface area contributed by atoms with Crippen molar-refractivity contribution in [2.24, 2.45) is 0 Å². The molecule has 0 aliphatic heterocycles. The molecule has 0 radical (unpaired) electrons. The first-order chi connectivity index (χ1) is 14.4. The number of nitrogens with one attached hydrogen (secondary N) is 1. The summed E-state index contributed by atoms with van der Waals surface area (Å²) in [5, 5.41) is 6.41. The summed E-state index contributed by atoms with van der Waals surface area (Å²) in [4.78, 5) is 20.8. The van der Waals surface area contributed by atoms with Gasteiger partial charge >= 0.3 is 12.4 Å². The molecule has 2 aromatic heterocycles. The molecule has 1 atom stereocenters. The second-order valence-electron chi connectivity index (χ2n) is 6.32. The molecule has 1 N–H and O–H groups in total. The van der Waals surface area contributed by atoms with Crippen LogP contribution in [0.3, 0.4) is 0 Å². The normalized spacial score (nSPS) is 13.2. The summed E-state index contributed by atoms with van der Waals surface area (Å²) in [5.41, 5.74) is -3.76. The van der Waals surface area contributed by atoms with Crippen molar-refractivity contribution in [3.63, 3.8) is 0 Å². The quantitative estimate of drug-likeness (QED) is 0.507. The fraction of sp³-hybridized carbons (Fsp3) is 0.222. The van der Waals surface area contributed by atoms with Gasteiger partial charge in [0.15, 0.2) is 5.82 Å². The highest BCUT2D eigenvalue weighted by molar-refractivity contribution is 9.10. The molecule has 0 saturated carbocycles. The minimum atomic E-state index is -5.06. The van der Waals surface area contributed by atoms with Crippen LogP contribution in [-0.4, -0.2) is 25.7 Å². The molecule has 0 aliphatic carbocycles. The first-order valence-corrected chi connectivity index (χ1v) is 9.28. The molecule has 3 aromatic rings. The standard InChI is InChI=1S/C18H12BrF6N5O/c1-9(14-15(27-5-4-26-14)30-13(19)2-3-28-30)29-16(31)10-6-11(17(20,21)22)8-12(7-10)18(23,24)25/h2-9H,1H3,(H,29,31). The van der Waals surface area contributed by atoms with Crippen LogP contribution in [0.2, 0.25) is 0 Å². The van der Waals surface area contributed by atoms with E-state index in [1.807, 2.05) is 0 Å². The maximum atomic E-state index is 13.0. The van der Waals surface area contributed by atoms with E-state index in [0.29, 0.717) is 16.7 Å². The van der Waals surface area contributed by atoms with E-state index in [-0.39, 0.29) is 17.6 Å². The van der Waals surface area contributed by atoms with E-state index in [9.17, 15) is 31.1 Å². The maximum absolute atomic E-state index is 13.0. The molecule has 0 saturated heterocycles. The van der Waals surface area contributed by atoms with Crippen molar-refractivity contribution in [3.05, 3.63) is 69.8 Å². The lowest BCUT2D eigenvalue weighted by atomic mass is 10.0. The highest BCUT2D eigenvalue weighted by Gasteiger charge is 2.37. The van der Waals surface area contributed by atoms with Gasteiger partial charge in [0.25, 0.3) is 5.91 Å². The van der Waals surface area contributed by atoms with Crippen molar-refractivity contribution in [1.29, 1.82) is 0 Å². The molecule has 6 nitrogen and oxygen atoms in total. The van der Waals surface area contributed by atoms with Gasteiger partial charge in [0.05, 0.1) is 23.4 Å². The fourth-order valence-corrected chi connectivity index (χ4v) is 3.07. The molecule has 164 valence electrons. The molecule has 2 heterocycles. The Morgan fingerprint density at radius 3 is 2.10 bits per heavy atom. The Bertz CT molecular complexity index is 1080. The van der Waals surface area contributed by atoms with E-state index in [1.54, 1.807) is 6.07 Å². The van der Waals surface area contributed by atoms with Gasteiger partial charge in [-0.05, 0) is 47.1 Å². The van der Waals surface area contributed by atoms with E-state index in [0.717, 1.165) is 0 Å². The molecule has 3 rings (SSSR count). The number of hydrogen-bond acceptors (Lipinski definition) is 4. The van der Waals surface area contributed by atoms with Crippen LogP contribution in [-0.2, 0) is 12.4 Å². The van der Waals surface area contributed by atoms with Crippen molar-refractivity contribution < 1.29 is 31.1 Å². The topological polar surface area (TPSA) is 72.7 Å². The summed E-state index contributed by atoms with van der Waals surface area (Å²) < 4.78 is 80.1. The van der Waals surface area contributed by atoms with Crippen LogP contribution in [0.15, 0.2) is 47.5 Å². The number of amides is 1. The fourth-order valence-electron chi connectivity index (χ4n) is 2.69. The lowest BCUT2D eigenvalue weighted by Gasteiger charge is -2.18. The van der Waals surface area contributed by atoms with Crippen molar-refractivity contribution in [3.8, 4) is 5.82 Å². The van der Waals surface area contributed by atoms with E-state index >= 15 is 0 Å². The Labute approximate surface area is 179 Å². The number of rotatable bonds is 4. The first kappa shape index (κ1) is 22.7. The Balaban J connectivity index is 1.95. The number of alkyl halides is 6. The van der Waals surface area contributed by atoms with Gasteiger partial charge in [0.1, 0.15) is 10.3 Å². The SMILES string of the molecule is CC(NC(=O)c1cc(C(F)(F)F)cc(C(F)(F)F)c1)c1nccnc1-n1nccc1Br. The van der Waals surface area contributed by atoms with Crippen LogP contribution >= 0.6 is 15.9 Å². The second-order valence-corrected chi connectivity index (χ2v) is 7.13. The van der Waals surface area contributed by atoms with Crippen LogP contribution in [0, 0.1) is 0 Å². The molecule has 0 spiro atoms. The zero-order valence-electron chi connectivity index (χ0n) is 15.5. The molecular weight excluding hydrogens is 496 g/mol.